The van der Waals surface area contributed by atoms with Gasteiger partial charge in [0.2, 0.25) is 0 Å². The molecule has 0 spiro atoms. The first-order chi connectivity index (χ1) is 7.72. The Labute approximate surface area is 96.5 Å². The summed E-state index contributed by atoms with van der Waals surface area (Å²) in [5.74, 6) is 0.909. The first kappa shape index (κ1) is 11.0. The normalized spacial score (nSPS) is 14.2. The Balaban J connectivity index is 2.28. The number of nitrogens with one attached hydrogen (secondary N) is 1. The molecular weight excluding hydrogens is 200 g/mol. The van der Waals surface area contributed by atoms with Crippen molar-refractivity contribution in [1.29, 1.82) is 5.41 Å². The molecule has 0 unspecified atom stereocenters. The number of fused-ring (bicyclic) bond motifs is 1. The molecule has 86 valence electrons. The van der Waals surface area contributed by atoms with Gasteiger partial charge in [-0.15, -0.1) is 0 Å². The van der Waals surface area contributed by atoms with Crippen molar-refractivity contribution in [3.05, 3.63) is 23.8 Å². The van der Waals surface area contributed by atoms with Crippen LogP contribution in [0.3, 0.4) is 0 Å². The molecule has 0 bridgehead atoms. The van der Waals surface area contributed by atoms with Crippen LogP contribution in [0.5, 0.6) is 5.75 Å². The van der Waals surface area contributed by atoms with E-state index in [1.165, 1.54) is 0 Å². The maximum atomic E-state index is 7.93. The van der Waals surface area contributed by atoms with E-state index in [1.54, 1.807) is 0 Å². The Kier molecular flexibility index (Phi) is 3.13. The highest BCUT2D eigenvalue weighted by Gasteiger charge is 2.15. The van der Waals surface area contributed by atoms with E-state index in [4.69, 9.17) is 10.1 Å². The summed E-state index contributed by atoms with van der Waals surface area (Å²) in [6, 6.07) is 6.05. The largest absolute Gasteiger partial charge is 0.490 e. The molecule has 1 aliphatic heterocycles. The first-order valence-corrected chi connectivity index (χ1v) is 5.78. The summed E-state index contributed by atoms with van der Waals surface area (Å²) < 4.78 is 5.62. The third-order valence-electron chi connectivity index (χ3n) is 2.90. The molecule has 0 saturated carbocycles. The number of hydrogen-bond acceptors (Lipinski definition) is 3. The smallest absolute Gasteiger partial charge is 0.143 e. The molecular formula is C13H18N2O. The Bertz CT molecular complexity index is 401. The number of anilines is 1. The summed E-state index contributed by atoms with van der Waals surface area (Å²) in [4.78, 5) is 2.19. The number of rotatable bonds is 3. The third-order valence-corrected chi connectivity index (χ3v) is 2.90. The SMILES string of the molecule is CCCC(=N)c1ccc2c(c1)OCCN2C. The van der Waals surface area contributed by atoms with Crippen molar-refractivity contribution >= 4 is 11.4 Å². The van der Waals surface area contributed by atoms with Gasteiger partial charge in [-0.25, -0.2) is 0 Å². The van der Waals surface area contributed by atoms with Crippen molar-refractivity contribution in [2.45, 2.75) is 19.8 Å². The maximum Gasteiger partial charge on any atom is 0.143 e. The van der Waals surface area contributed by atoms with E-state index in [0.717, 1.165) is 43.0 Å². The van der Waals surface area contributed by atoms with Crippen LogP contribution in [0.25, 0.3) is 0 Å². The summed E-state index contributed by atoms with van der Waals surface area (Å²) in [6.07, 6.45) is 1.84. The van der Waals surface area contributed by atoms with Gasteiger partial charge in [0.1, 0.15) is 12.4 Å². The zero-order chi connectivity index (χ0) is 11.5. The fourth-order valence-electron chi connectivity index (χ4n) is 1.94. The Morgan fingerprint density at radius 3 is 3.06 bits per heavy atom. The number of hydrogen-bond donors (Lipinski definition) is 1. The minimum absolute atomic E-state index is 0.696. The Morgan fingerprint density at radius 1 is 1.50 bits per heavy atom. The molecule has 1 heterocycles. The van der Waals surface area contributed by atoms with Gasteiger partial charge in [-0.2, -0.15) is 0 Å². The van der Waals surface area contributed by atoms with E-state index in [9.17, 15) is 0 Å². The molecule has 3 nitrogen and oxygen atoms in total. The summed E-state index contributed by atoms with van der Waals surface area (Å²) in [6.45, 7) is 3.75. The zero-order valence-corrected chi connectivity index (χ0v) is 9.92. The van der Waals surface area contributed by atoms with Crippen molar-refractivity contribution < 1.29 is 4.74 Å². The molecule has 1 aromatic carbocycles. The van der Waals surface area contributed by atoms with E-state index in [2.05, 4.69) is 18.9 Å². The minimum atomic E-state index is 0.696. The Morgan fingerprint density at radius 2 is 2.31 bits per heavy atom. The molecule has 1 aliphatic rings. The van der Waals surface area contributed by atoms with Crippen LogP contribution in [-0.2, 0) is 0 Å². The van der Waals surface area contributed by atoms with Gasteiger partial charge in [0, 0.05) is 12.8 Å². The maximum absolute atomic E-state index is 7.93. The molecule has 0 amide bonds. The van der Waals surface area contributed by atoms with Crippen molar-refractivity contribution in [3.8, 4) is 5.75 Å². The van der Waals surface area contributed by atoms with Crippen LogP contribution < -0.4 is 9.64 Å². The summed E-state index contributed by atoms with van der Waals surface area (Å²) in [7, 11) is 2.07. The Hall–Kier alpha value is -1.51. The van der Waals surface area contributed by atoms with Gasteiger partial charge >= 0.3 is 0 Å². The van der Waals surface area contributed by atoms with E-state index < -0.39 is 0 Å². The highest BCUT2D eigenvalue weighted by Crippen LogP contribution is 2.31. The van der Waals surface area contributed by atoms with Crippen LogP contribution in [0.2, 0.25) is 0 Å². The molecule has 1 N–H and O–H groups in total. The van der Waals surface area contributed by atoms with Crippen LogP contribution in [0.15, 0.2) is 18.2 Å². The third kappa shape index (κ3) is 2.03. The quantitative estimate of drug-likeness (QED) is 0.792. The average molecular weight is 218 g/mol. The van der Waals surface area contributed by atoms with Gasteiger partial charge < -0.3 is 15.0 Å². The highest BCUT2D eigenvalue weighted by molar-refractivity contribution is 5.99. The van der Waals surface area contributed by atoms with Gasteiger partial charge in [0.05, 0.1) is 12.2 Å². The summed E-state index contributed by atoms with van der Waals surface area (Å²) in [5, 5.41) is 7.93. The highest BCUT2D eigenvalue weighted by atomic mass is 16.5. The lowest BCUT2D eigenvalue weighted by Crippen LogP contribution is -2.28. The number of benzene rings is 1. The average Bonchev–Trinajstić information content (AvgIpc) is 2.29. The second-order valence-corrected chi connectivity index (χ2v) is 4.18. The van der Waals surface area contributed by atoms with Crippen LogP contribution in [0, 0.1) is 5.41 Å². The van der Waals surface area contributed by atoms with Gasteiger partial charge in [0.15, 0.2) is 0 Å². The molecule has 16 heavy (non-hydrogen) atoms. The lowest BCUT2D eigenvalue weighted by atomic mass is 10.0. The summed E-state index contributed by atoms with van der Waals surface area (Å²) in [5.41, 5.74) is 2.80. The van der Waals surface area contributed by atoms with E-state index >= 15 is 0 Å². The van der Waals surface area contributed by atoms with Crippen molar-refractivity contribution in [3.63, 3.8) is 0 Å². The van der Waals surface area contributed by atoms with Crippen LogP contribution in [0.1, 0.15) is 25.3 Å². The molecule has 0 atom stereocenters. The predicted octanol–water partition coefficient (Wildman–Crippen LogP) is 2.68. The lowest BCUT2D eigenvalue weighted by Gasteiger charge is -2.28. The molecule has 3 heteroatoms. The van der Waals surface area contributed by atoms with Gasteiger partial charge in [-0.3, -0.25) is 0 Å². The number of ether oxygens (including phenoxy) is 1. The monoisotopic (exact) mass is 218 g/mol. The molecule has 2 rings (SSSR count). The van der Waals surface area contributed by atoms with Crippen molar-refractivity contribution in [2.75, 3.05) is 25.1 Å². The standard InChI is InChI=1S/C13H18N2O/c1-3-4-11(14)10-5-6-12-13(9-10)16-8-7-15(12)2/h5-6,9,14H,3-4,7-8H2,1-2H3. The van der Waals surface area contributed by atoms with Crippen molar-refractivity contribution in [2.24, 2.45) is 0 Å². The summed E-state index contributed by atoms with van der Waals surface area (Å²) >= 11 is 0. The lowest BCUT2D eigenvalue weighted by molar-refractivity contribution is 0.311. The van der Waals surface area contributed by atoms with E-state index in [1.807, 2.05) is 18.2 Å². The fourth-order valence-corrected chi connectivity index (χ4v) is 1.94. The number of likely N-dealkylation sites (N-methyl/N-ethyl adjacent to an activating group) is 1. The van der Waals surface area contributed by atoms with Gasteiger partial charge in [-0.1, -0.05) is 19.4 Å². The molecule has 0 aliphatic carbocycles. The van der Waals surface area contributed by atoms with Crippen LogP contribution >= 0.6 is 0 Å². The first-order valence-electron chi connectivity index (χ1n) is 5.78. The van der Waals surface area contributed by atoms with E-state index in [-0.39, 0.29) is 0 Å². The second kappa shape index (κ2) is 4.56. The topological polar surface area (TPSA) is 36.3 Å². The second-order valence-electron chi connectivity index (χ2n) is 4.18. The zero-order valence-electron chi connectivity index (χ0n) is 9.92. The van der Waals surface area contributed by atoms with Crippen LogP contribution in [0.4, 0.5) is 5.69 Å². The fraction of sp³-hybridized carbons (Fsp3) is 0.462. The minimum Gasteiger partial charge on any atom is -0.490 e. The molecule has 1 aromatic rings. The van der Waals surface area contributed by atoms with E-state index in [0.29, 0.717) is 5.71 Å². The van der Waals surface area contributed by atoms with Crippen molar-refractivity contribution in [1.82, 2.24) is 0 Å². The molecule has 0 fully saturated rings. The van der Waals surface area contributed by atoms with Gasteiger partial charge in [-0.05, 0) is 24.1 Å². The molecule has 0 radical (unpaired) electrons. The number of nitrogens with zero attached hydrogens (tertiary/aromatic N) is 1. The van der Waals surface area contributed by atoms with Crippen LogP contribution in [-0.4, -0.2) is 25.9 Å². The predicted molar refractivity (Wildman–Crippen MR) is 66.9 cm³/mol. The molecule has 0 saturated heterocycles. The van der Waals surface area contributed by atoms with Gasteiger partial charge in [0.25, 0.3) is 0 Å². The molecule has 0 aromatic heterocycles.